The number of ether oxygens (including phenoxy) is 1. The monoisotopic (exact) mass is 459 g/mol. The van der Waals surface area contributed by atoms with E-state index in [0.29, 0.717) is 25.2 Å². The highest BCUT2D eigenvalue weighted by Crippen LogP contribution is 2.28. The molecule has 0 amide bonds. The predicted molar refractivity (Wildman–Crippen MR) is 126 cm³/mol. The molecule has 0 fully saturated rings. The van der Waals surface area contributed by atoms with Crippen LogP contribution in [-0.4, -0.2) is 34.3 Å². The van der Waals surface area contributed by atoms with Gasteiger partial charge in [0.25, 0.3) is 5.69 Å². The van der Waals surface area contributed by atoms with Gasteiger partial charge in [-0.15, -0.1) is 0 Å². The van der Waals surface area contributed by atoms with Gasteiger partial charge in [0.2, 0.25) is 0 Å². The molecule has 1 unspecified atom stereocenters. The Bertz CT molecular complexity index is 1080. The van der Waals surface area contributed by atoms with E-state index >= 15 is 0 Å². The zero-order valence-corrected chi connectivity index (χ0v) is 18.7. The highest BCUT2D eigenvalue weighted by molar-refractivity contribution is 7.16. The first-order valence-corrected chi connectivity index (χ1v) is 11.7. The Morgan fingerprint density at radius 3 is 2.59 bits per heavy atom. The molecule has 3 aromatic rings. The summed E-state index contributed by atoms with van der Waals surface area (Å²) < 4.78 is 6.46. The quantitative estimate of drug-likeness (QED) is 0.199. The van der Waals surface area contributed by atoms with Gasteiger partial charge in [0.05, 0.1) is 16.2 Å². The fraction of sp³-hybridized carbons (Fsp3) is 0.435. The van der Waals surface area contributed by atoms with Gasteiger partial charge in [0.1, 0.15) is 11.3 Å². The van der Waals surface area contributed by atoms with E-state index < -0.39 is 4.92 Å². The van der Waals surface area contributed by atoms with Crippen LogP contribution in [0.3, 0.4) is 0 Å². The lowest BCUT2D eigenvalue weighted by Crippen LogP contribution is -2.22. The molecule has 4 N–H and O–H groups in total. The molecule has 3 rings (SSSR count). The third kappa shape index (κ3) is 6.88. The first-order chi connectivity index (χ1) is 15.4. The second-order valence-corrected chi connectivity index (χ2v) is 8.90. The highest BCUT2D eigenvalue weighted by atomic mass is 32.1. The maximum atomic E-state index is 11.6. The molecule has 0 bridgehead atoms. The van der Waals surface area contributed by atoms with Gasteiger partial charge in [-0.25, -0.2) is 0 Å². The number of nitro groups is 1. The number of H-pyrrole nitrogens is 1. The van der Waals surface area contributed by atoms with Crippen LogP contribution in [-0.2, 0) is 17.6 Å². The topological polar surface area (TPSA) is 131 Å². The Hall–Kier alpha value is -2.75. The summed E-state index contributed by atoms with van der Waals surface area (Å²) in [5.41, 5.74) is 8.92. The number of aromatic amines is 1. The Kier molecular flexibility index (Phi) is 8.78. The number of fused-ring (bicyclic) bond motifs is 1. The molecular formula is C23H29N3O5S. The minimum absolute atomic E-state index is 0.0119. The third-order valence-corrected chi connectivity index (χ3v) is 6.37. The van der Waals surface area contributed by atoms with Crippen LogP contribution >= 0.6 is 11.3 Å². The molecule has 172 valence electrons. The van der Waals surface area contributed by atoms with Crippen LogP contribution in [0.25, 0.3) is 10.2 Å². The molecule has 0 saturated carbocycles. The van der Waals surface area contributed by atoms with E-state index in [1.807, 2.05) is 6.07 Å². The summed E-state index contributed by atoms with van der Waals surface area (Å²) in [5.74, 6) is 0.0885. The van der Waals surface area contributed by atoms with E-state index in [0.717, 1.165) is 65.7 Å². The van der Waals surface area contributed by atoms with Crippen LogP contribution in [0, 0.1) is 10.1 Å². The lowest BCUT2D eigenvalue weighted by atomic mass is 10.0. The molecule has 0 radical (unpaired) electrons. The number of aromatic nitrogens is 1. The molecule has 32 heavy (non-hydrogen) atoms. The van der Waals surface area contributed by atoms with Crippen LogP contribution in [0.2, 0.25) is 0 Å². The van der Waals surface area contributed by atoms with Gasteiger partial charge in [0.15, 0.2) is 0 Å². The largest absolute Gasteiger partial charge is 0.506 e. The van der Waals surface area contributed by atoms with E-state index in [1.165, 1.54) is 12.1 Å². The summed E-state index contributed by atoms with van der Waals surface area (Å²) in [6.07, 6.45) is 6.52. The summed E-state index contributed by atoms with van der Waals surface area (Å²) in [4.78, 5) is 24.4. The minimum atomic E-state index is -0.398. The van der Waals surface area contributed by atoms with E-state index in [-0.39, 0.29) is 22.4 Å². The first-order valence-electron chi connectivity index (χ1n) is 10.8. The Balaban J connectivity index is 1.26. The maximum Gasteiger partial charge on any atom is 0.305 e. The number of thiazole rings is 1. The Labute approximate surface area is 190 Å². The molecule has 1 heterocycles. The average Bonchev–Trinajstić information content (AvgIpc) is 3.17. The number of aromatic hydroxyl groups is 1. The van der Waals surface area contributed by atoms with Crippen molar-refractivity contribution in [2.75, 3.05) is 13.2 Å². The number of hydrogen-bond donors (Lipinski definition) is 3. The van der Waals surface area contributed by atoms with Crippen molar-refractivity contribution in [3.05, 3.63) is 67.3 Å². The molecule has 0 aliphatic carbocycles. The lowest BCUT2D eigenvalue weighted by Gasteiger charge is -2.12. The van der Waals surface area contributed by atoms with Crippen molar-refractivity contribution in [1.29, 1.82) is 0 Å². The summed E-state index contributed by atoms with van der Waals surface area (Å²) in [7, 11) is 0. The number of nitro benzene ring substituents is 1. The van der Waals surface area contributed by atoms with Crippen LogP contribution in [0.4, 0.5) is 5.69 Å². The van der Waals surface area contributed by atoms with Gasteiger partial charge in [-0.05, 0) is 42.9 Å². The van der Waals surface area contributed by atoms with Crippen LogP contribution in [0.1, 0.15) is 43.2 Å². The van der Waals surface area contributed by atoms with Crippen LogP contribution in [0.15, 0.2) is 41.2 Å². The Morgan fingerprint density at radius 2 is 1.84 bits per heavy atom. The molecule has 0 aliphatic heterocycles. The number of phenolic OH excluding ortho intramolecular Hbond substituents is 1. The van der Waals surface area contributed by atoms with Crippen molar-refractivity contribution in [2.24, 2.45) is 5.73 Å². The number of non-ortho nitro benzene ring substituents is 1. The van der Waals surface area contributed by atoms with Crippen molar-refractivity contribution < 1.29 is 14.8 Å². The van der Waals surface area contributed by atoms with Gasteiger partial charge in [-0.2, -0.15) is 0 Å². The molecule has 2 aromatic carbocycles. The molecule has 0 aliphatic rings. The van der Waals surface area contributed by atoms with Gasteiger partial charge >= 0.3 is 4.87 Å². The standard InChI is InChI=1S/C23H29N3O5S/c24-18(15-17-8-11-20(27)21-22(17)32-23(28)25-21)5-3-1-2-4-13-31-14-12-16-6-9-19(10-7-16)26(29)30/h6-11,18,27H,1-5,12-15,24H2,(H,25,28). The zero-order valence-electron chi connectivity index (χ0n) is 17.9. The summed E-state index contributed by atoms with van der Waals surface area (Å²) in [5, 5.41) is 20.5. The number of nitrogens with two attached hydrogens (primary N) is 1. The molecular weight excluding hydrogens is 430 g/mol. The molecule has 0 spiro atoms. The smallest absolute Gasteiger partial charge is 0.305 e. The minimum Gasteiger partial charge on any atom is -0.506 e. The molecule has 9 heteroatoms. The van der Waals surface area contributed by atoms with Gasteiger partial charge in [-0.1, -0.05) is 48.8 Å². The van der Waals surface area contributed by atoms with Crippen LogP contribution in [0.5, 0.6) is 5.75 Å². The van der Waals surface area contributed by atoms with Crippen LogP contribution < -0.4 is 10.6 Å². The van der Waals surface area contributed by atoms with Gasteiger partial charge < -0.3 is 20.6 Å². The molecule has 1 atom stereocenters. The van der Waals surface area contributed by atoms with E-state index in [1.54, 1.807) is 18.2 Å². The number of hydrogen-bond acceptors (Lipinski definition) is 7. The number of rotatable bonds is 13. The summed E-state index contributed by atoms with van der Waals surface area (Å²) >= 11 is 1.11. The van der Waals surface area contributed by atoms with Crippen molar-refractivity contribution >= 4 is 27.2 Å². The third-order valence-electron chi connectivity index (χ3n) is 5.42. The second-order valence-electron chi connectivity index (χ2n) is 7.92. The molecule has 8 nitrogen and oxygen atoms in total. The SMILES string of the molecule is NC(CCCCCCOCCc1ccc([N+](=O)[O-])cc1)Cc1ccc(O)c2[nH]c(=O)sc12. The van der Waals surface area contributed by atoms with Gasteiger partial charge in [-0.3, -0.25) is 14.9 Å². The van der Waals surface area contributed by atoms with Crippen molar-refractivity contribution in [2.45, 2.75) is 51.0 Å². The second kappa shape index (κ2) is 11.8. The predicted octanol–water partition coefficient (Wildman–Crippen LogP) is 4.28. The van der Waals surface area contributed by atoms with Crippen molar-refractivity contribution in [3.8, 4) is 5.75 Å². The number of nitrogens with one attached hydrogen (secondary N) is 1. The molecule has 1 aromatic heterocycles. The fourth-order valence-electron chi connectivity index (χ4n) is 3.66. The zero-order chi connectivity index (χ0) is 22.9. The number of unbranched alkanes of at least 4 members (excludes halogenated alkanes) is 3. The van der Waals surface area contributed by atoms with E-state index in [2.05, 4.69) is 4.98 Å². The summed E-state index contributed by atoms with van der Waals surface area (Å²) in [6.45, 7) is 1.31. The van der Waals surface area contributed by atoms with Gasteiger partial charge in [0, 0.05) is 24.8 Å². The maximum absolute atomic E-state index is 11.6. The Morgan fingerprint density at radius 1 is 1.09 bits per heavy atom. The number of phenols is 1. The number of benzene rings is 2. The molecule has 0 saturated heterocycles. The first kappa shape index (κ1) is 23.9. The lowest BCUT2D eigenvalue weighted by molar-refractivity contribution is -0.384. The van der Waals surface area contributed by atoms with E-state index in [4.69, 9.17) is 10.5 Å². The average molecular weight is 460 g/mol. The number of nitrogens with zero attached hydrogens (tertiary/aromatic N) is 1. The normalized spacial score (nSPS) is 12.3. The van der Waals surface area contributed by atoms with E-state index in [9.17, 15) is 20.0 Å². The summed E-state index contributed by atoms with van der Waals surface area (Å²) in [6, 6.07) is 10.0. The highest BCUT2D eigenvalue weighted by Gasteiger charge is 2.12. The van der Waals surface area contributed by atoms with Crippen molar-refractivity contribution in [1.82, 2.24) is 4.98 Å². The van der Waals surface area contributed by atoms with Crippen molar-refractivity contribution in [3.63, 3.8) is 0 Å². The fourth-order valence-corrected chi connectivity index (χ4v) is 4.54.